The van der Waals surface area contributed by atoms with E-state index in [1.54, 1.807) is 0 Å². The summed E-state index contributed by atoms with van der Waals surface area (Å²) in [7, 11) is 0. The smallest absolute Gasteiger partial charge is 0.312 e. The number of esters is 1. The lowest BCUT2D eigenvalue weighted by Crippen LogP contribution is -2.65. The lowest BCUT2D eigenvalue weighted by Gasteiger charge is -2.56. The molecule has 4 nitrogen and oxygen atoms in total. The van der Waals surface area contributed by atoms with Gasteiger partial charge in [0.15, 0.2) is 0 Å². The first-order chi connectivity index (χ1) is 10.8. The van der Waals surface area contributed by atoms with Crippen LogP contribution in [0.15, 0.2) is 0 Å². The van der Waals surface area contributed by atoms with Crippen molar-refractivity contribution in [1.29, 1.82) is 0 Å². The minimum absolute atomic E-state index is 0.0773. The molecule has 0 aromatic carbocycles. The van der Waals surface area contributed by atoms with E-state index >= 15 is 0 Å². The maximum atomic E-state index is 12.8. The molecule has 0 unspecified atom stereocenters. The Labute approximate surface area is 141 Å². The van der Waals surface area contributed by atoms with Crippen molar-refractivity contribution < 1.29 is 9.53 Å². The summed E-state index contributed by atoms with van der Waals surface area (Å²) in [5, 5.41) is 0. The average molecular weight is 322 g/mol. The third kappa shape index (κ3) is 2.07. The minimum atomic E-state index is -0.199. The fourth-order valence-corrected chi connectivity index (χ4v) is 6.40. The van der Waals surface area contributed by atoms with E-state index in [1.165, 1.54) is 25.7 Å². The van der Waals surface area contributed by atoms with Gasteiger partial charge >= 0.3 is 5.97 Å². The van der Waals surface area contributed by atoms with Crippen molar-refractivity contribution >= 4 is 5.97 Å². The van der Waals surface area contributed by atoms with Gasteiger partial charge in [0, 0.05) is 12.1 Å². The molecular formula is C19H34N2O2. The van der Waals surface area contributed by atoms with Gasteiger partial charge in [-0.1, -0.05) is 20.8 Å². The van der Waals surface area contributed by atoms with Crippen molar-refractivity contribution in [2.45, 2.75) is 65.3 Å². The van der Waals surface area contributed by atoms with Crippen LogP contribution < -0.4 is 5.73 Å². The lowest BCUT2D eigenvalue weighted by molar-refractivity contribution is -0.161. The molecule has 0 amide bonds. The zero-order valence-corrected chi connectivity index (χ0v) is 15.4. The monoisotopic (exact) mass is 322 g/mol. The molecule has 1 aliphatic heterocycles. The standard InChI is InChI=1S/C19H34N2O2/c1-5-23-16(22)15(13-20)19(21-10-6-7-11-21)12-14-8-9-18(19,4)17(14,2)3/h14-15H,5-13,20H2,1-4H3/t14-,15-,18+,19+/m1/s1. The van der Waals surface area contributed by atoms with Gasteiger partial charge in [-0.15, -0.1) is 0 Å². The van der Waals surface area contributed by atoms with Crippen LogP contribution in [0, 0.1) is 22.7 Å². The predicted molar refractivity (Wildman–Crippen MR) is 91.9 cm³/mol. The summed E-state index contributed by atoms with van der Waals surface area (Å²) in [4.78, 5) is 15.5. The van der Waals surface area contributed by atoms with E-state index in [2.05, 4.69) is 25.7 Å². The molecule has 3 rings (SSSR count). The quantitative estimate of drug-likeness (QED) is 0.791. The van der Waals surface area contributed by atoms with E-state index in [-0.39, 0.29) is 28.3 Å². The van der Waals surface area contributed by atoms with Gasteiger partial charge in [-0.2, -0.15) is 0 Å². The lowest BCUT2D eigenvalue weighted by atomic mass is 9.57. The molecule has 3 aliphatic rings. The van der Waals surface area contributed by atoms with Crippen LogP contribution in [-0.4, -0.2) is 42.6 Å². The molecule has 23 heavy (non-hydrogen) atoms. The molecule has 2 aliphatic carbocycles. The maximum Gasteiger partial charge on any atom is 0.312 e. The van der Waals surface area contributed by atoms with E-state index in [1.807, 2.05) is 6.92 Å². The Bertz CT molecular complexity index is 472. The molecule has 1 heterocycles. The number of likely N-dealkylation sites (tertiary alicyclic amines) is 1. The highest BCUT2D eigenvalue weighted by Gasteiger charge is 2.73. The van der Waals surface area contributed by atoms with Crippen LogP contribution in [0.1, 0.15) is 59.8 Å². The number of fused-ring (bicyclic) bond motifs is 2. The Balaban J connectivity index is 2.08. The van der Waals surface area contributed by atoms with E-state index in [4.69, 9.17) is 10.5 Å². The highest BCUT2D eigenvalue weighted by Crippen LogP contribution is 2.73. The first-order valence-corrected chi connectivity index (χ1v) is 9.47. The fourth-order valence-electron chi connectivity index (χ4n) is 6.40. The van der Waals surface area contributed by atoms with Crippen LogP contribution in [-0.2, 0) is 9.53 Å². The molecule has 4 atom stereocenters. The largest absolute Gasteiger partial charge is 0.466 e. The number of nitrogens with two attached hydrogens (primary N) is 1. The SMILES string of the molecule is CCOC(=O)[C@@H](CN)[C@@]1(N2CCCC2)C[C@H]2CC[C@@]1(C)C2(C)C. The molecule has 2 N–H and O–H groups in total. The first kappa shape index (κ1) is 17.2. The van der Waals surface area contributed by atoms with Gasteiger partial charge in [0.1, 0.15) is 0 Å². The number of hydrogen-bond acceptors (Lipinski definition) is 4. The van der Waals surface area contributed by atoms with Gasteiger partial charge in [-0.25, -0.2) is 0 Å². The van der Waals surface area contributed by atoms with Crippen molar-refractivity contribution in [3.63, 3.8) is 0 Å². The Morgan fingerprint density at radius 1 is 1.30 bits per heavy atom. The number of carbonyl (C=O) groups excluding carboxylic acids is 1. The summed E-state index contributed by atoms with van der Waals surface area (Å²) < 4.78 is 5.47. The zero-order chi connectivity index (χ0) is 16.9. The highest BCUT2D eigenvalue weighted by atomic mass is 16.5. The van der Waals surface area contributed by atoms with Gasteiger partial charge in [0.05, 0.1) is 12.5 Å². The number of nitrogens with zero attached hydrogens (tertiary/aromatic N) is 1. The number of hydrogen-bond donors (Lipinski definition) is 1. The van der Waals surface area contributed by atoms with Crippen LogP contribution in [0.5, 0.6) is 0 Å². The first-order valence-electron chi connectivity index (χ1n) is 9.47. The zero-order valence-electron chi connectivity index (χ0n) is 15.4. The van der Waals surface area contributed by atoms with E-state index in [9.17, 15) is 4.79 Å². The van der Waals surface area contributed by atoms with Crippen LogP contribution in [0.4, 0.5) is 0 Å². The third-order valence-electron chi connectivity index (χ3n) is 8.00. The maximum absolute atomic E-state index is 12.8. The molecule has 2 saturated carbocycles. The van der Waals surface area contributed by atoms with Crippen LogP contribution in [0.25, 0.3) is 0 Å². The predicted octanol–water partition coefficient (Wildman–Crippen LogP) is 2.81. The number of rotatable bonds is 5. The molecule has 3 fully saturated rings. The molecule has 0 spiro atoms. The number of carbonyl (C=O) groups is 1. The van der Waals surface area contributed by atoms with Crippen LogP contribution in [0.2, 0.25) is 0 Å². The third-order valence-corrected chi connectivity index (χ3v) is 8.00. The second kappa shape index (κ2) is 5.73. The molecule has 1 saturated heterocycles. The summed E-state index contributed by atoms with van der Waals surface area (Å²) in [6, 6.07) is 0. The normalized spacial score (nSPS) is 40.5. The van der Waals surface area contributed by atoms with Gasteiger partial charge in [-0.3, -0.25) is 9.69 Å². The summed E-state index contributed by atoms with van der Waals surface area (Å²) in [5.41, 5.74) is 6.46. The van der Waals surface area contributed by atoms with Crippen LogP contribution >= 0.6 is 0 Å². The summed E-state index contributed by atoms with van der Waals surface area (Å²) in [5.74, 6) is 0.415. The molecule has 0 aromatic rings. The van der Waals surface area contributed by atoms with Gasteiger partial charge in [-0.05, 0) is 68.9 Å². The van der Waals surface area contributed by atoms with Crippen molar-refractivity contribution in [2.24, 2.45) is 28.4 Å². The molecular weight excluding hydrogens is 288 g/mol. The van der Waals surface area contributed by atoms with Crippen molar-refractivity contribution in [2.75, 3.05) is 26.2 Å². The van der Waals surface area contributed by atoms with Gasteiger partial charge < -0.3 is 10.5 Å². The molecule has 4 heteroatoms. The summed E-state index contributed by atoms with van der Waals surface area (Å²) in [6.45, 7) is 12.2. The van der Waals surface area contributed by atoms with E-state index in [0.29, 0.717) is 19.1 Å². The number of ether oxygens (including phenoxy) is 1. The Hall–Kier alpha value is -0.610. The molecule has 0 aromatic heterocycles. The van der Waals surface area contributed by atoms with Gasteiger partial charge in [0.25, 0.3) is 0 Å². The second-order valence-electron chi connectivity index (χ2n) is 8.65. The molecule has 0 radical (unpaired) electrons. The van der Waals surface area contributed by atoms with Crippen molar-refractivity contribution in [3.05, 3.63) is 0 Å². The minimum Gasteiger partial charge on any atom is -0.466 e. The van der Waals surface area contributed by atoms with E-state index in [0.717, 1.165) is 19.5 Å². The van der Waals surface area contributed by atoms with Crippen LogP contribution in [0.3, 0.4) is 0 Å². The second-order valence-corrected chi connectivity index (χ2v) is 8.65. The van der Waals surface area contributed by atoms with Crippen molar-refractivity contribution in [1.82, 2.24) is 4.90 Å². The molecule has 2 bridgehead atoms. The Morgan fingerprint density at radius 3 is 2.39 bits per heavy atom. The Morgan fingerprint density at radius 2 is 1.96 bits per heavy atom. The Kier molecular flexibility index (Phi) is 4.29. The summed E-state index contributed by atoms with van der Waals surface area (Å²) in [6.07, 6.45) is 6.08. The van der Waals surface area contributed by atoms with Gasteiger partial charge in [0.2, 0.25) is 0 Å². The summed E-state index contributed by atoms with van der Waals surface area (Å²) >= 11 is 0. The van der Waals surface area contributed by atoms with Crippen molar-refractivity contribution in [3.8, 4) is 0 Å². The average Bonchev–Trinajstić information content (AvgIpc) is 3.14. The van der Waals surface area contributed by atoms with E-state index < -0.39 is 0 Å². The fraction of sp³-hybridized carbons (Fsp3) is 0.947. The molecule has 132 valence electrons. The topological polar surface area (TPSA) is 55.6 Å². The highest BCUT2D eigenvalue weighted by molar-refractivity contribution is 5.75.